The van der Waals surface area contributed by atoms with Crippen molar-refractivity contribution in [3.63, 3.8) is 0 Å². The van der Waals surface area contributed by atoms with Gasteiger partial charge in [0.25, 0.3) is 5.91 Å². The molecule has 0 saturated carbocycles. The van der Waals surface area contributed by atoms with Crippen molar-refractivity contribution in [2.24, 2.45) is 0 Å². The van der Waals surface area contributed by atoms with E-state index in [0.29, 0.717) is 17.9 Å². The average molecular weight is 551 g/mol. The highest BCUT2D eigenvalue weighted by Gasteiger charge is 2.47. The van der Waals surface area contributed by atoms with E-state index in [1.165, 1.54) is 42.5 Å². The van der Waals surface area contributed by atoms with Crippen LogP contribution in [0.15, 0.2) is 71.6 Å². The van der Waals surface area contributed by atoms with Gasteiger partial charge in [-0.1, -0.05) is 35.3 Å². The van der Waals surface area contributed by atoms with E-state index in [0.717, 1.165) is 9.21 Å². The fourth-order valence-corrected chi connectivity index (χ4v) is 6.21. The quantitative estimate of drug-likeness (QED) is 0.366. The maximum Gasteiger partial charge on any atom is 0.252 e. The highest BCUT2D eigenvalue weighted by molar-refractivity contribution is 7.89. The van der Waals surface area contributed by atoms with Crippen LogP contribution in [0.4, 0.5) is 10.1 Å². The lowest BCUT2D eigenvalue weighted by Gasteiger charge is -2.27. The van der Waals surface area contributed by atoms with Crippen molar-refractivity contribution in [2.45, 2.75) is 30.8 Å². The third-order valence-corrected chi connectivity index (χ3v) is 8.18. The van der Waals surface area contributed by atoms with E-state index in [-0.39, 0.29) is 33.6 Å². The molecule has 1 aliphatic rings. The molecule has 3 aromatic carbocycles. The number of sulfonamides is 1. The number of halogens is 3. The first kappa shape index (κ1) is 26.1. The highest BCUT2D eigenvalue weighted by atomic mass is 35.5. The Morgan fingerprint density at radius 3 is 2.33 bits per heavy atom. The van der Waals surface area contributed by atoms with E-state index >= 15 is 0 Å². The summed E-state index contributed by atoms with van der Waals surface area (Å²) in [5.74, 6) is -1.22. The Bertz CT molecular complexity index is 1400. The molecule has 1 saturated heterocycles. The topological polar surface area (TPSA) is 84.0 Å². The molecule has 1 heterocycles. The first-order chi connectivity index (χ1) is 17.1. The summed E-state index contributed by atoms with van der Waals surface area (Å²) in [4.78, 5) is 27.1. The maximum absolute atomic E-state index is 13.8. The smallest absolute Gasteiger partial charge is 0.252 e. The monoisotopic (exact) mass is 550 g/mol. The van der Waals surface area contributed by atoms with E-state index in [1.54, 1.807) is 24.3 Å². The van der Waals surface area contributed by atoms with Gasteiger partial charge in [0.2, 0.25) is 15.9 Å². The van der Waals surface area contributed by atoms with Crippen molar-refractivity contribution >= 4 is 50.7 Å². The van der Waals surface area contributed by atoms with Gasteiger partial charge in [0.1, 0.15) is 22.5 Å². The summed E-state index contributed by atoms with van der Waals surface area (Å²) in [5, 5.41) is 0.0354. The number of hydrogen-bond acceptors (Lipinski definition) is 5. The Hall–Kier alpha value is -2.98. The largest absolute Gasteiger partial charge is 0.494 e. The molecule has 0 aliphatic carbocycles. The van der Waals surface area contributed by atoms with Gasteiger partial charge in [0, 0.05) is 11.6 Å². The van der Waals surface area contributed by atoms with Crippen LogP contribution in [-0.2, 0) is 26.2 Å². The van der Waals surface area contributed by atoms with Gasteiger partial charge in [-0.05, 0) is 67.1 Å². The van der Waals surface area contributed by atoms with Crippen molar-refractivity contribution in [1.29, 1.82) is 0 Å². The summed E-state index contributed by atoms with van der Waals surface area (Å²) < 4.78 is 47.4. The maximum atomic E-state index is 13.8. The number of anilines is 1. The minimum absolute atomic E-state index is 0.0938. The van der Waals surface area contributed by atoms with Crippen molar-refractivity contribution in [2.75, 3.05) is 11.5 Å². The second kappa shape index (κ2) is 10.6. The highest BCUT2D eigenvalue weighted by Crippen LogP contribution is 2.34. The van der Waals surface area contributed by atoms with Crippen LogP contribution in [0.3, 0.4) is 0 Å². The van der Waals surface area contributed by atoms with Gasteiger partial charge < -0.3 is 4.74 Å². The number of hydrogen-bond donors (Lipinski definition) is 0. The molecule has 0 bridgehead atoms. The molecule has 0 spiro atoms. The molecule has 0 N–H and O–H groups in total. The number of carbonyl (C=O) groups is 2. The van der Waals surface area contributed by atoms with Crippen LogP contribution in [0, 0.1) is 5.82 Å². The Morgan fingerprint density at radius 1 is 1.03 bits per heavy atom. The summed E-state index contributed by atoms with van der Waals surface area (Å²) in [6.07, 6.45) is -0.384. The fraction of sp³-hybridized carbons (Fsp3) is 0.200. The third kappa shape index (κ3) is 5.24. The number of imide groups is 1. The second-order valence-electron chi connectivity index (χ2n) is 7.97. The zero-order valence-corrected chi connectivity index (χ0v) is 21.4. The molecular weight excluding hydrogens is 530 g/mol. The summed E-state index contributed by atoms with van der Waals surface area (Å²) in [6.45, 7) is 1.98. The van der Waals surface area contributed by atoms with Crippen LogP contribution >= 0.6 is 23.2 Å². The first-order valence-corrected chi connectivity index (χ1v) is 13.1. The van der Waals surface area contributed by atoms with Crippen LogP contribution in [0.1, 0.15) is 18.9 Å². The van der Waals surface area contributed by atoms with Crippen molar-refractivity contribution in [3.8, 4) is 5.75 Å². The van der Waals surface area contributed by atoms with Crippen LogP contribution < -0.4 is 9.64 Å². The number of carbonyl (C=O) groups excluding carboxylic acids is 2. The molecule has 1 atom stereocenters. The molecule has 11 heteroatoms. The molecular formula is C25H21Cl2FN2O5S. The van der Waals surface area contributed by atoms with Crippen LogP contribution in [-0.4, -0.2) is 37.2 Å². The lowest BCUT2D eigenvalue weighted by atomic mass is 10.2. The van der Waals surface area contributed by atoms with Crippen molar-refractivity contribution in [3.05, 3.63) is 88.2 Å². The van der Waals surface area contributed by atoms with Crippen LogP contribution in [0.5, 0.6) is 5.75 Å². The normalized spacial score (nSPS) is 16.1. The minimum Gasteiger partial charge on any atom is -0.494 e. The average Bonchev–Trinajstić information content (AvgIpc) is 3.14. The molecule has 2 amide bonds. The van der Waals surface area contributed by atoms with Crippen LogP contribution in [0.2, 0.25) is 10.0 Å². The Kier molecular flexibility index (Phi) is 7.65. The van der Waals surface area contributed by atoms with Gasteiger partial charge in [-0.15, -0.1) is 0 Å². The molecule has 1 aliphatic heterocycles. The Balaban J connectivity index is 1.74. The molecule has 188 valence electrons. The minimum atomic E-state index is -4.42. The standard InChI is InChI=1S/C25H21Cl2FN2O5S/c1-2-35-20-10-8-19(9-11-20)30-24(31)14-22(25(30)32)29(15-16-3-6-18(28)7-4-16)36(33,34)23-13-17(26)5-12-21(23)27/h3-13,22H,2,14-15H2,1H3. The van der Waals surface area contributed by atoms with Gasteiger partial charge in [0.15, 0.2) is 0 Å². The van der Waals surface area contributed by atoms with E-state index in [9.17, 15) is 22.4 Å². The number of benzene rings is 3. The molecule has 3 aromatic rings. The fourth-order valence-electron chi connectivity index (χ4n) is 3.90. The zero-order valence-electron chi connectivity index (χ0n) is 19.0. The van der Waals surface area contributed by atoms with E-state index < -0.39 is 33.7 Å². The van der Waals surface area contributed by atoms with E-state index in [1.807, 2.05) is 6.92 Å². The number of nitrogens with zero attached hydrogens (tertiary/aromatic N) is 2. The van der Waals surface area contributed by atoms with Gasteiger partial charge >= 0.3 is 0 Å². The molecule has 0 radical (unpaired) electrons. The predicted molar refractivity (Wildman–Crippen MR) is 134 cm³/mol. The summed E-state index contributed by atoms with van der Waals surface area (Å²) in [7, 11) is -4.42. The van der Waals surface area contributed by atoms with Gasteiger partial charge in [-0.3, -0.25) is 9.59 Å². The molecule has 1 fully saturated rings. The summed E-state index contributed by atoms with van der Waals surface area (Å²) in [5.41, 5.74) is 0.703. The van der Waals surface area contributed by atoms with Crippen molar-refractivity contribution < 1.29 is 27.1 Å². The lowest BCUT2D eigenvalue weighted by Crippen LogP contribution is -2.45. The van der Waals surface area contributed by atoms with E-state index in [2.05, 4.69) is 0 Å². The summed E-state index contributed by atoms with van der Waals surface area (Å²) >= 11 is 12.2. The lowest BCUT2D eigenvalue weighted by molar-refractivity contribution is -0.122. The SMILES string of the molecule is CCOc1ccc(N2C(=O)CC(N(Cc3ccc(F)cc3)S(=O)(=O)c3cc(Cl)ccc3Cl)C2=O)cc1. The Labute approximate surface area is 218 Å². The molecule has 0 aromatic heterocycles. The van der Waals surface area contributed by atoms with E-state index in [4.69, 9.17) is 27.9 Å². The number of rotatable bonds is 8. The molecule has 1 unspecified atom stereocenters. The number of ether oxygens (including phenoxy) is 1. The Morgan fingerprint density at radius 2 is 1.69 bits per heavy atom. The van der Waals surface area contributed by atoms with Crippen molar-refractivity contribution in [1.82, 2.24) is 4.31 Å². The predicted octanol–water partition coefficient (Wildman–Crippen LogP) is 5.05. The van der Waals surface area contributed by atoms with Gasteiger partial charge in [-0.2, -0.15) is 4.31 Å². The second-order valence-corrected chi connectivity index (χ2v) is 10.7. The number of amides is 2. The van der Waals surface area contributed by atoms with Gasteiger partial charge in [-0.25, -0.2) is 17.7 Å². The molecule has 36 heavy (non-hydrogen) atoms. The molecule has 7 nitrogen and oxygen atoms in total. The summed E-state index contributed by atoms with van der Waals surface area (Å²) in [6, 6.07) is 14.1. The molecule has 4 rings (SSSR count). The third-order valence-electron chi connectivity index (χ3n) is 5.61. The first-order valence-electron chi connectivity index (χ1n) is 10.9. The zero-order chi connectivity index (χ0) is 26.0. The van der Waals surface area contributed by atoms with Gasteiger partial charge in [0.05, 0.1) is 23.7 Å². The van der Waals surface area contributed by atoms with Crippen LogP contribution in [0.25, 0.3) is 0 Å².